The molecular formula is C16H23N5O3. The van der Waals surface area contributed by atoms with Gasteiger partial charge in [0.1, 0.15) is 0 Å². The van der Waals surface area contributed by atoms with Crippen molar-refractivity contribution in [3.63, 3.8) is 0 Å². The van der Waals surface area contributed by atoms with E-state index in [0.717, 1.165) is 36.8 Å². The van der Waals surface area contributed by atoms with Crippen molar-refractivity contribution in [2.75, 3.05) is 6.54 Å². The summed E-state index contributed by atoms with van der Waals surface area (Å²) in [6, 6.07) is 0.890. The Kier molecular flexibility index (Phi) is 3.61. The third kappa shape index (κ3) is 2.24. The molecule has 24 heavy (non-hydrogen) atoms. The summed E-state index contributed by atoms with van der Waals surface area (Å²) in [4.78, 5) is 31.2. The number of hydrogen-bond donors (Lipinski definition) is 1. The Morgan fingerprint density at radius 3 is 2.46 bits per heavy atom. The van der Waals surface area contributed by atoms with Crippen LogP contribution in [-0.2, 0) is 20.6 Å². The predicted octanol–water partition coefficient (Wildman–Crippen LogP) is -0.579. The maximum Gasteiger partial charge on any atom is 0.332 e. The summed E-state index contributed by atoms with van der Waals surface area (Å²) in [6.07, 6.45) is 5.45. The topological polar surface area (TPSA) is 85.3 Å². The fourth-order valence-corrected chi connectivity index (χ4v) is 4.40. The number of aryl methyl sites for hydroxylation is 1. The van der Waals surface area contributed by atoms with Crippen molar-refractivity contribution >= 4 is 11.2 Å². The number of fused-ring (bicyclic) bond motifs is 3. The van der Waals surface area contributed by atoms with Crippen LogP contribution in [0.15, 0.2) is 15.9 Å². The van der Waals surface area contributed by atoms with Crippen molar-refractivity contribution < 1.29 is 5.11 Å². The molecule has 2 aromatic rings. The maximum absolute atomic E-state index is 12.5. The summed E-state index contributed by atoms with van der Waals surface area (Å²) < 4.78 is 4.39. The minimum Gasteiger partial charge on any atom is -0.393 e. The summed E-state index contributed by atoms with van der Waals surface area (Å²) in [5.41, 5.74) is 0.243. The predicted molar refractivity (Wildman–Crippen MR) is 89.0 cm³/mol. The van der Waals surface area contributed by atoms with Gasteiger partial charge in [-0.3, -0.25) is 18.8 Å². The average Bonchev–Trinajstić information content (AvgIpc) is 3.08. The summed E-state index contributed by atoms with van der Waals surface area (Å²) in [7, 11) is 3.13. The van der Waals surface area contributed by atoms with Crippen molar-refractivity contribution in [3.05, 3.63) is 27.2 Å². The first-order valence-electron chi connectivity index (χ1n) is 8.52. The molecule has 2 unspecified atom stereocenters. The Morgan fingerprint density at radius 2 is 1.79 bits per heavy atom. The summed E-state index contributed by atoms with van der Waals surface area (Å²) in [5.74, 6) is 0. The summed E-state index contributed by atoms with van der Waals surface area (Å²) in [6.45, 7) is 1.49. The lowest BCUT2D eigenvalue weighted by Gasteiger charge is -2.37. The molecule has 2 aromatic heterocycles. The first-order chi connectivity index (χ1) is 11.5. The second-order valence-electron chi connectivity index (χ2n) is 7.06. The number of imidazole rings is 1. The zero-order chi connectivity index (χ0) is 17.0. The van der Waals surface area contributed by atoms with Crippen LogP contribution in [-0.4, -0.2) is 53.4 Å². The molecule has 2 bridgehead atoms. The Labute approximate surface area is 138 Å². The van der Waals surface area contributed by atoms with Gasteiger partial charge in [-0.1, -0.05) is 0 Å². The van der Waals surface area contributed by atoms with E-state index in [1.807, 2.05) is 4.57 Å². The van der Waals surface area contributed by atoms with Gasteiger partial charge in [0.15, 0.2) is 11.2 Å². The van der Waals surface area contributed by atoms with Crippen LogP contribution in [0, 0.1) is 0 Å². The maximum atomic E-state index is 12.5. The van der Waals surface area contributed by atoms with E-state index in [2.05, 4.69) is 9.88 Å². The van der Waals surface area contributed by atoms with Gasteiger partial charge in [0.25, 0.3) is 5.56 Å². The van der Waals surface area contributed by atoms with Gasteiger partial charge in [-0.25, -0.2) is 9.78 Å². The van der Waals surface area contributed by atoms with Crippen LogP contribution in [0.2, 0.25) is 0 Å². The van der Waals surface area contributed by atoms with E-state index in [0.29, 0.717) is 29.8 Å². The fraction of sp³-hybridized carbons (Fsp3) is 0.688. The molecule has 2 aliphatic heterocycles. The molecule has 8 heteroatoms. The molecule has 1 N–H and O–H groups in total. The molecule has 130 valence electrons. The average molecular weight is 333 g/mol. The van der Waals surface area contributed by atoms with Crippen LogP contribution in [0.3, 0.4) is 0 Å². The molecule has 0 aliphatic carbocycles. The highest BCUT2D eigenvalue weighted by Gasteiger charge is 2.39. The largest absolute Gasteiger partial charge is 0.393 e. The van der Waals surface area contributed by atoms with Gasteiger partial charge in [0.05, 0.1) is 12.4 Å². The van der Waals surface area contributed by atoms with Gasteiger partial charge in [0, 0.05) is 39.3 Å². The number of aliphatic hydroxyl groups is 1. The van der Waals surface area contributed by atoms with Crippen molar-refractivity contribution in [1.82, 2.24) is 23.6 Å². The lowest BCUT2D eigenvalue weighted by Crippen LogP contribution is -2.46. The van der Waals surface area contributed by atoms with E-state index in [1.54, 1.807) is 13.4 Å². The van der Waals surface area contributed by atoms with Crippen LogP contribution >= 0.6 is 0 Å². The van der Waals surface area contributed by atoms with Crippen molar-refractivity contribution in [3.8, 4) is 0 Å². The number of rotatable bonds is 3. The molecule has 8 nitrogen and oxygen atoms in total. The van der Waals surface area contributed by atoms with Crippen LogP contribution in [0.1, 0.15) is 25.7 Å². The van der Waals surface area contributed by atoms with Gasteiger partial charge in [0.2, 0.25) is 0 Å². The first-order valence-corrected chi connectivity index (χ1v) is 8.52. The van der Waals surface area contributed by atoms with Crippen LogP contribution in [0.5, 0.6) is 0 Å². The molecule has 0 amide bonds. The number of aliphatic hydroxyl groups excluding tert-OH is 1. The van der Waals surface area contributed by atoms with E-state index in [9.17, 15) is 14.7 Å². The van der Waals surface area contributed by atoms with Gasteiger partial charge in [-0.05, 0) is 25.7 Å². The zero-order valence-electron chi connectivity index (χ0n) is 14.1. The van der Waals surface area contributed by atoms with E-state index in [-0.39, 0.29) is 17.4 Å². The van der Waals surface area contributed by atoms with Gasteiger partial charge in [-0.15, -0.1) is 0 Å². The standard InChI is InChI=1S/C16H23N5O3/c1-18-14-13(15(23)19(2)16(18)24)20(9-17-14)5-6-21-10-3-4-11(21)8-12(22)7-10/h9-12,22H,3-8H2,1-2H3. The highest BCUT2D eigenvalue weighted by atomic mass is 16.3. The quantitative estimate of drug-likeness (QED) is 0.812. The lowest BCUT2D eigenvalue weighted by atomic mass is 10.00. The monoisotopic (exact) mass is 333 g/mol. The molecule has 0 spiro atoms. The van der Waals surface area contributed by atoms with E-state index in [1.165, 1.54) is 11.6 Å². The van der Waals surface area contributed by atoms with E-state index < -0.39 is 0 Å². The number of hydrogen-bond acceptors (Lipinski definition) is 5. The molecule has 2 fully saturated rings. The van der Waals surface area contributed by atoms with Crippen molar-refractivity contribution in [2.45, 2.75) is 50.4 Å². The van der Waals surface area contributed by atoms with Gasteiger partial charge < -0.3 is 9.67 Å². The lowest BCUT2D eigenvalue weighted by molar-refractivity contribution is 0.0339. The van der Waals surface area contributed by atoms with Crippen molar-refractivity contribution in [1.29, 1.82) is 0 Å². The molecule has 2 aliphatic rings. The molecule has 4 heterocycles. The molecule has 0 radical (unpaired) electrons. The zero-order valence-corrected chi connectivity index (χ0v) is 14.1. The van der Waals surface area contributed by atoms with Crippen molar-refractivity contribution in [2.24, 2.45) is 14.1 Å². The van der Waals surface area contributed by atoms with Crippen LogP contribution < -0.4 is 11.2 Å². The minimum atomic E-state index is -0.360. The third-order valence-electron chi connectivity index (χ3n) is 5.68. The second-order valence-corrected chi connectivity index (χ2v) is 7.06. The van der Waals surface area contributed by atoms with Gasteiger partial charge >= 0.3 is 5.69 Å². The van der Waals surface area contributed by atoms with E-state index >= 15 is 0 Å². The third-order valence-corrected chi connectivity index (χ3v) is 5.68. The molecule has 0 saturated carbocycles. The number of piperidine rings is 1. The molecular weight excluding hydrogens is 310 g/mol. The fourth-order valence-electron chi connectivity index (χ4n) is 4.40. The van der Waals surface area contributed by atoms with E-state index in [4.69, 9.17) is 0 Å². The molecule has 2 atom stereocenters. The smallest absolute Gasteiger partial charge is 0.332 e. The molecule has 2 saturated heterocycles. The van der Waals surface area contributed by atoms with Crippen LogP contribution in [0.25, 0.3) is 11.2 Å². The molecule has 4 rings (SSSR count). The first kappa shape index (κ1) is 15.6. The Hall–Kier alpha value is -1.93. The summed E-state index contributed by atoms with van der Waals surface area (Å²) >= 11 is 0. The number of aromatic nitrogens is 4. The Morgan fingerprint density at radius 1 is 1.12 bits per heavy atom. The second kappa shape index (κ2) is 5.56. The summed E-state index contributed by atoms with van der Waals surface area (Å²) in [5, 5.41) is 9.91. The number of nitrogens with zero attached hydrogens (tertiary/aromatic N) is 5. The molecule has 0 aromatic carbocycles. The van der Waals surface area contributed by atoms with Crippen LogP contribution in [0.4, 0.5) is 0 Å². The minimum absolute atomic E-state index is 0.172. The highest BCUT2D eigenvalue weighted by Crippen LogP contribution is 2.35. The Bertz CT molecular complexity index is 881. The highest BCUT2D eigenvalue weighted by molar-refractivity contribution is 5.69. The SMILES string of the molecule is Cn1c(=O)c2c(ncn2CCN2C3CCC2CC(O)C3)n(C)c1=O. The van der Waals surface area contributed by atoms with Gasteiger partial charge in [-0.2, -0.15) is 0 Å². The normalized spacial score (nSPS) is 27.2. The Balaban J connectivity index is 1.62.